The summed E-state index contributed by atoms with van der Waals surface area (Å²) in [6.07, 6.45) is -0.115. The second kappa shape index (κ2) is 13.8. The van der Waals surface area contributed by atoms with Crippen LogP contribution in [0.15, 0.2) is 72.8 Å². The highest BCUT2D eigenvalue weighted by Gasteiger charge is 2.45. The van der Waals surface area contributed by atoms with Gasteiger partial charge in [0.25, 0.3) is 0 Å². The average molecular weight is 649 g/mol. The normalized spacial score (nSPS) is 18.4. The van der Waals surface area contributed by atoms with Crippen LogP contribution in [-0.2, 0) is 31.4 Å². The molecule has 0 saturated carbocycles. The van der Waals surface area contributed by atoms with E-state index < -0.39 is 28.8 Å². The quantitative estimate of drug-likeness (QED) is 0.188. The van der Waals surface area contributed by atoms with Gasteiger partial charge in [-0.25, -0.2) is 0 Å². The molecule has 0 aromatic heterocycles. The van der Waals surface area contributed by atoms with Crippen LogP contribution in [0.1, 0.15) is 70.8 Å². The van der Waals surface area contributed by atoms with Crippen molar-refractivity contribution in [3.63, 3.8) is 0 Å². The summed E-state index contributed by atoms with van der Waals surface area (Å²) in [7, 11) is -4.53. The Kier molecular flexibility index (Phi) is 10.7. The van der Waals surface area contributed by atoms with E-state index >= 15 is 0 Å². The van der Waals surface area contributed by atoms with Gasteiger partial charge in [0.15, 0.2) is 28.1 Å². The fourth-order valence-electron chi connectivity index (χ4n) is 4.58. The highest BCUT2D eigenvalue weighted by molar-refractivity contribution is 6.74. The van der Waals surface area contributed by atoms with Crippen LogP contribution in [0.3, 0.4) is 0 Å². The molecule has 3 aromatic rings. The minimum atomic E-state index is -2.27. The number of rotatable bonds is 7. The van der Waals surface area contributed by atoms with E-state index in [1.54, 1.807) is 0 Å². The van der Waals surface area contributed by atoms with Gasteiger partial charge in [0.2, 0.25) is 0 Å². The third-order valence-corrected chi connectivity index (χ3v) is 18.5. The van der Waals surface area contributed by atoms with Crippen LogP contribution in [0, 0.1) is 0 Å². The number of aryl methyl sites for hydroxylation is 1. The van der Waals surface area contributed by atoms with Gasteiger partial charge in [0.05, 0.1) is 6.10 Å². The number of benzene rings is 3. The molecule has 0 fully saturated rings. The maximum absolute atomic E-state index is 13.2. The zero-order valence-electron chi connectivity index (χ0n) is 28.9. The molecule has 8 heteroatoms. The number of fused-ring (bicyclic) bond motifs is 8. The van der Waals surface area contributed by atoms with Crippen LogP contribution in [0.5, 0.6) is 17.2 Å². The molecule has 0 amide bonds. The van der Waals surface area contributed by atoms with Gasteiger partial charge in [-0.1, -0.05) is 90.1 Å². The van der Waals surface area contributed by atoms with Crippen molar-refractivity contribution in [3.8, 4) is 17.2 Å². The molecule has 0 aliphatic carbocycles. The summed E-state index contributed by atoms with van der Waals surface area (Å²) in [5, 5.41) is -0.0526. The summed E-state index contributed by atoms with van der Waals surface area (Å²) in [4.78, 5) is 13.2. The topological polar surface area (TPSA) is 63.2 Å². The minimum Gasteiger partial charge on any atom is -0.485 e. The Labute approximate surface area is 272 Å². The van der Waals surface area contributed by atoms with E-state index in [2.05, 4.69) is 67.7 Å². The summed E-state index contributed by atoms with van der Waals surface area (Å²) < 4.78 is 32.8. The van der Waals surface area contributed by atoms with Gasteiger partial charge in [0, 0.05) is 6.42 Å². The molecule has 4 bridgehead atoms. The summed E-state index contributed by atoms with van der Waals surface area (Å²) in [6.45, 7) is 22.9. The van der Waals surface area contributed by atoms with Gasteiger partial charge in [0.1, 0.15) is 25.1 Å². The van der Waals surface area contributed by atoms with Gasteiger partial charge in [-0.15, -0.1) is 0 Å². The molecule has 2 aliphatic rings. The SMILES string of the molecule is CC(C)(C)[Si](C)(C)O[C@@H]1c2ccc(cc2)Oc2cc(ccc2OCc2ccccc2)CCC(=O)OC[C@H]1O[Si](C)(C)C(C)(C)C. The fourth-order valence-corrected chi connectivity index (χ4v) is 7.16. The molecule has 244 valence electrons. The Morgan fingerprint density at radius 3 is 2.02 bits per heavy atom. The highest BCUT2D eigenvalue weighted by Crippen LogP contribution is 2.44. The summed E-state index contributed by atoms with van der Waals surface area (Å²) in [6, 6.07) is 23.9. The molecule has 45 heavy (non-hydrogen) atoms. The molecule has 2 heterocycles. The first kappa shape index (κ1) is 34.9. The van der Waals surface area contributed by atoms with Crippen LogP contribution >= 0.6 is 0 Å². The molecule has 0 N–H and O–H groups in total. The third kappa shape index (κ3) is 9.09. The highest BCUT2D eigenvalue weighted by atomic mass is 28.4. The molecule has 3 aromatic carbocycles. The lowest BCUT2D eigenvalue weighted by atomic mass is 10.0. The van der Waals surface area contributed by atoms with Crippen molar-refractivity contribution in [2.75, 3.05) is 6.61 Å². The summed E-state index contributed by atoms with van der Waals surface area (Å²) in [5.74, 6) is 1.67. The van der Waals surface area contributed by atoms with E-state index in [4.69, 9.17) is 23.1 Å². The molecule has 0 saturated heterocycles. The molecule has 2 aliphatic heterocycles. The van der Waals surface area contributed by atoms with Crippen molar-refractivity contribution in [2.45, 2.75) is 109 Å². The first-order valence-corrected chi connectivity index (χ1v) is 21.9. The molecular formula is C37H52O6Si2. The second-order valence-corrected chi connectivity index (χ2v) is 24.6. The van der Waals surface area contributed by atoms with Gasteiger partial charge < -0.3 is 23.1 Å². The largest absolute Gasteiger partial charge is 0.485 e. The predicted molar refractivity (Wildman–Crippen MR) is 186 cm³/mol. The first-order valence-electron chi connectivity index (χ1n) is 16.0. The van der Waals surface area contributed by atoms with Crippen molar-refractivity contribution in [2.24, 2.45) is 0 Å². The van der Waals surface area contributed by atoms with Crippen molar-refractivity contribution in [1.82, 2.24) is 0 Å². The van der Waals surface area contributed by atoms with Gasteiger partial charge in [-0.2, -0.15) is 0 Å². The number of esters is 1. The summed E-state index contributed by atoms with van der Waals surface area (Å²) >= 11 is 0. The maximum atomic E-state index is 13.2. The Hall–Kier alpha value is -2.92. The molecule has 0 radical (unpaired) electrons. The Bertz CT molecular complexity index is 1420. The van der Waals surface area contributed by atoms with Gasteiger partial charge in [-0.3, -0.25) is 4.79 Å². The lowest BCUT2D eigenvalue weighted by molar-refractivity contribution is -0.148. The fraction of sp³-hybridized carbons (Fsp3) is 0.486. The van der Waals surface area contributed by atoms with Gasteiger partial charge >= 0.3 is 5.97 Å². The predicted octanol–water partition coefficient (Wildman–Crippen LogP) is 10.0. The molecular weight excluding hydrogens is 597 g/mol. The standard InChI is InChI=1S/C37H52O6Si2/c1-36(2,3)44(7,8)42-33-26-40-34(38)23-17-27-16-22-31(39-25-28-14-12-11-13-15-28)32(24-27)41-30-20-18-29(19-21-30)35(33)43-45(9,10)37(4,5)6/h11-16,18-22,24,33,35H,17,23,25-26H2,1-10H3/t33-,35-/m1/s1. The van der Waals surface area contributed by atoms with E-state index in [1.807, 2.05) is 72.8 Å². The van der Waals surface area contributed by atoms with Crippen molar-refractivity contribution < 1.29 is 27.9 Å². The Morgan fingerprint density at radius 2 is 1.40 bits per heavy atom. The second-order valence-electron chi connectivity index (χ2n) is 15.1. The smallest absolute Gasteiger partial charge is 0.306 e. The number of hydrogen-bond acceptors (Lipinski definition) is 6. The van der Waals surface area contributed by atoms with E-state index in [9.17, 15) is 4.79 Å². The van der Waals surface area contributed by atoms with Crippen LogP contribution in [0.2, 0.25) is 36.3 Å². The Balaban J connectivity index is 1.73. The average Bonchev–Trinajstić information content (AvgIpc) is 2.96. The van der Waals surface area contributed by atoms with Crippen LogP contribution < -0.4 is 9.47 Å². The third-order valence-electron chi connectivity index (χ3n) is 9.53. The lowest BCUT2D eigenvalue weighted by Gasteiger charge is -2.45. The first-order chi connectivity index (χ1) is 20.9. The Morgan fingerprint density at radius 1 is 0.778 bits per heavy atom. The zero-order valence-corrected chi connectivity index (χ0v) is 30.9. The zero-order chi connectivity index (χ0) is 33.0. The van der Waals surface area contributed by atoms with Crippen LogP contribution in [0.4, 0.5) is 0 Å². The minimum absolute atomic E-state index is 0.0224. The van der Waals surface area contributed by atoms with E-state index in [0.29, 0.717) is 30.3 Å². The lowest BCUT2D eigenvalue weighted by Crippen LogP contribution is -2.50. The molecule has 0 spiro atoms. The van der Waals surface area contributed by atoms with Crippen molar-refractivity contribution >= 4 is 22.6 Å². The van der Waals surface area contributed by atoms with Crippen LogP contribution in [0.25, 0.3) is 0 Å². The number of carbonyl (C=O) groups excluding carboxylic acids is 1. The van der Waals surface area contributed by atoms with E-state index in [0.717, 1.165) is 16.7 Å². The van der Waals surface area contributed by atoms with E-state index in [1.165, 1.54) is 0 Å². The van der Waals surface area contributed by atoms with Crippen molar-refractivity contribution in [3.05, 3.63) is 89.5 Å². The van der Waals surface area contributed by atoms with Crippen LogP contribution in [-0.4, -0.2) is 35.3 Å². The van der Waals surface area contributed by atoms with Crippen molar-refractivity contribution in [1.29, 1.82) is 0 Å². The number of ether oxygens (including phenoxy) is 3. The summed E-state index contributed by atoms with van der Waals surface area (Å²) in [5.41, 5.74) is 3.00. The molecule has 6 nitrogen and oxygen atoms in total. The van der Waals surface area contributed by atoms with E-state index in [-0.39, 0.29) is 29.1 Å². The van der Waals surface area contributed by atoms with Gasteiger partial charge in [-0.05, 0) is 83.6 Å². The maximum Gasteiger partial charge on any atom is 0.306 e. The number of hydrogen-bond donors (Lipinski definition) is 0. The monoisotopic (exact) mass is 648 g/mol. The number of carbonyl (C=O) groups is 1. The molecule has 2 atom stereocenters. The molecule has 0 unspecified atom stereocenters. The molecule has 5 rings (SSSR count).